The van der Waals surface area contributed by atoms with E-state index in [-0.39, 0.29) is 5.28 Å². The van der Waals surface area contributed by atoms with Gasteiger partial charge in [-0.15, -0.1) is 0 Å². The highest BCUT2D eigenvalue weighted by Crippen LogP contribution is 2.25. The molecule has 5 rings (SSSR count). The number of aromatic nitrogens is 3. The number of rotatable bonds is 3. The molecule has 4 aromatic rings. The van der Waals surface area contributed by atoms with Gasteiger partial charge in [0, 0.05) is 23.2 Å². The first kappa shape index (κ1) is 17.7. The van der Waals surface area contributed by atoms with Crippen LogP contribution in [-0.2, 0) is 0 Å². The number of nitrogens with zero attached hydrogens (tertiary/aromatic N) is 4. The number of aliphatic imine (C=N–C) groups is 1. The Bertz CT molecular complexity index is 1280. The average molecular weight is 397 g/mol. The van der Waals surface area contributed by atoms with E-state index >= 15 is 0 Å². The van der Waals surface area contributed by atoms with E-state index < -0.39 is 0 Å². The molecule has 1 aliphatic heterocycles. The summed E-state index contributed by atoms with van der Waals surface area (Å²) in [5, 5.41) is 2.48. The van der Waals surface area contributed by atoms with Gasteiger partial charge in [0.05, 0.1) is 5.71 Å². The maximum atomic E-state index is 6.26. The molecule has 2 heterocycles. The van der Waals surface area contributed by atoms with Gasteiger partial charge in [-0.05, 0) is 47.0 Å². The third kappa shape index (κ3) is 3.67. The highest BCUT2D eigenvalue weighted by molar-refractivity contribution is 6.28. The van der Waals surface area contributed by atoms with Crippen LogP contribution in [0.1, 0.15) is 12.0 Å². The Labute approximate surface area is 173 Å². The van der Waals surface area contributed by atoms with Crippen molar-refractivity contribution in [3.8, 4) is 22.8 Å². The van der Waals surface area contributed by atoms with Crippen LogP contribution in [0.3, 0.4) is 0 Å². The summed E-state index contributed by atoms with van der Waals surface area (Å²) in [6, 6.07) is 22.4. The Balaban J connectivity index is 1.57. The van der Waals surface area contributed by atoms with Gasteiger partial charge >= 0.3 is 0 Å². The Hall–Kier alpha value is -3.37. The summed E-state index contributed by atoms with van der Waals surface area (Å²) in [5.74, 6) is 1.11. The summed E-state index contributed by atoms with van der Waals surface area (Å²) in [6.45, 7) is 0.819. The van der Waals surface area contributed by atoms with Gasteiger partial charge in [0.2, 0.25) is 5.28 Å². The molecule has 0 spiro atoms. The largest absolute Gasteiger partial charge is 0.284 e. The summed E-state index contributed by atoms with van der Waals surface area (Å²) in [7, 11) is 0. The number of hydrogen-bond acceptors (Lipinski definition) is 4. The fourth-order valence-electron chi connectivity index (χ4n) is 3.45. The van der Waals surface area contributed by atoms with Crippen molar-refractivity contribution in [1.29, 1.82) is 0 Å². The zero-order valence-corrected chi connectivity index (χ0v) is 16.3. The molecule has 0 amide bonds. The van der Waals surface area contributed by atoms with Gasteiger partial charge in [0.1, 0.15) is 0 Å². The van der Waals surface area contributed by atoms with Crippen LogP contribution in [0.15, 0.2) is 83.9 Å². The first-order valence-electron chi connectivity index (χ1n) is 9.49. The normalized spacial score (nSPS) is 13.5. The van der Waals surface area contributed by atoms with E-state index in [0.717, 1.165) is 40.8 Å². The maximum Gasteiger partial charge on any atom is 0.226 e. The molecule has 0 fully saturated rings. The lowest BCUT2D eigenvalue weighted by molar-refractivity contribution is 0.994. The van der Waals surface area contributed by atoms with Gasteiger partial charge in [0.25, 0.3) is 0 Å². The van der Waals surface area contributed by atoms with Gasteiger partial charge in [0.15, 0.2) is 11.6 Å². The summed E-state index contributed by atoms with van der Waals surface area (Å²) in [6.07, 6.45) is 5.19. The van der Waals surface area contributed by atoms with Crippen LogP contribution >= 0.6 is 11.6 Å². The zero-order chi connectivity index (χ0) is 19.6. The van der Waals surface area contributed by atoms with Gasteiger partial charge in [-0.1, -0.05) is 60.7 Å². The first-order chi connectivity index (χ1) is 14.3. The van der Waals surface area contributed by atoms with Crippen molar-refractivity contribution < 1.29 is 0 Å². The zero-order valence-electron chi connectivity index (χ0n) is 15.6. The number of halogens is 1. The minimum atomic E-state index is 0.179. The third-order valence-electron chi connectivity index (χ3n) is 4.89. The minimum absolute atomic E-state index is 0.179. The molecule has 3 aromatic carbocycles. The Morgan fingerprint density at radius 1 is 0.690 bits per heavy atom. The van der Waals surface area contributed by atoms with Crippen LogP contribution in [0.25, 0.3) is 33.5 Å². The van der Waals surface area contributed by atoms with Crippen LogP contribution in [0.2, 0.25) is 5.28 Å². The van der Waals surface area contributed by atoms with Gasteiger partial charge in [-0.25, -0.2) is 4.98 Å². The maximum absolute atomic E-state index is 6.26. The van der Waals surface area contributed by atoms with E-state index in [0.29, 0.717) is 11.6 Å². The second kappa shape index (κ2) is 7.57. The third-order valence-corrected chi connectivity index (χ3v) is 5.05. The standard InChI is InChI=1S/C24H17ClN4/c25-24-28-22(19-9-5-8-18(15-19)21-10-3-4-13-26-21)27-23(29-24)20-12-11-16-6-1-2-7-17(16)14-20/h1-3,5-12,14-15H,4,13H2. The summed E-state index contributed by atoms with van der Waals surface area (Å²) < 4.78 is 0. The van der Waals surface area contributed by atoms with E-state index in [2.05, 4.69) is 51.4 Å². The monoisotopic (exact) mass is 396 g/mol. The lowest BCUT2D eigenvalue weighted by Crippen LogP contribution is -2.03. The van der Waals surface area contributed by atoms with Gasteiger partial charge in [-0.2, -0.15) is 9.97 Å². The lowest BCUT2D eigenvalue weighted by atomic mass is 10.0. The number of benzene rings is 3. The van der Waals surface area contributed by atoms with Crippen LogP contribution in [0.4, 0.5) is 0 Å². The molecule has 0 bridgehead atoms. The summed E-state index contributed by atoms with van der Waals surface area (Å²) >= 11 is 6.26. The number of hydrogen-bond donors (Lipinski definition) is 0. The fraction of sp³-hybridized carbons (Fsp3) is 0.0833. The molecule has 0 saturated carbocycles. The molecule has 0 radical (unpaired) electrons. The number of allylic oxidation sites excluding steroid dienone is 1. The van der Waals surface area contributed by atoms with E-state index in [1.807, 2.05) is 42.5 Å². The van der Waals surface area contributed by atoms with Crippen molar-refractivity contribution >= 4 is 28.1 Å². The molecule has 1 aliphatic rings. The molecule has 1 aromatic heterocycles. The fourth-order valence-corrected chi connectivity index (χ4v) is 3.61. The molecular weight excluding hydrogens is 380 g/mol. The predicted molar refractivity (Wildman–Crippen MR) is 118 cm³/mol. The lowest BCUT2D eigenvalue weighted by Gasteiger charge is -2.09. The Morgan fingerprint density at radius 3 is 2.24 bits per heavy atom. The molecule has 0 aliphatic carbocycles. The average Bonchev–Trinajstić information content (AvgIpc) is 2.79. The number of fused-ring (bicyclic) bond motifs is 1. The van der Waals surface area contributed by atoms with Crippen molar-refractivity contribution in [1.82, 2.24) is 15.0 Å². The second-order valence-electron chi connectivity index (χ2n) is 6.85. The van der Waals surface area contributed by atoms with Crippen molar-refractivity contribution in [2.45, 2.75) is 6.42 Å². The molecule has 0 unspecified atom stereocenters. The quantitative estimate of drug-likeness (QED) is 0.442. The van der Waals surface area contributed by atoms with E-state index in [1.54, 1.807) is 0 Å². The second-order valence-corrected chi connectivity index (χ2v) is 7.19. The van der Waals surface area contributed by atoms with E-state index in [4.69, 9.17) is 16.6 Å². The van der Waals surface area contributed by atoms with Crippen LogP contribution in [0.5, 0.6) is 0 Å². The topological polar surface area (TPSA) is 51.0 Å². The van der Waals surface area contributed by atoms with Crippen molar-refractivity contribution in [2.24, 2.45) is 4.99 Å². The minimum Gasteiger partial charge on any atom is -0.284 e. The molecule has 0 atom stereocenters. The molecular formula is C24H17ClN4. The summed E-state index contributed by atoms with van der Waals surface area (Å²) in [5.41, 5.74) is 3.82. The molecule has 140 valence electrons. The van der Waals surface area contributed by atoms with Gasteiger partial charge < -0.3 is 0 Å². The Morgan fingerprint density at radius 2 is 1.45 bits per heavy atom. The molecule has 4 nitrogen and oxygen atoms in total. The van der Waals surface area contributed by atoms with Crippen molar-refractivity contribution in [3.05, 3.63) is 89.7 Å². The van der Waals surface area contributed by atoms with E-state index in [9.17, 15) is 0 Å². The highest BCUT2D eigenvalue weighted by atomic mass is 35.5. The molecule has 29 heavy (non-hydrogen) atoms. The smallest absolute Gasteiger partial charge is 0.226 e. The molecule has 0 saturated heterocycles. The van der Waals surface area contributed by atoms with Crippen LogP contribution in [0, 0.1) is 0 Å². The predicted octanol–water partition coefficient (Wildman–Crippen LogP) is 5.76. The molecule has 0 N–H and O–H groups in total. The van der Waals surface area contributed by atoms with Crippen LogP contribution < -0.4 is 0 Å². The Kier molecular flexibility index (Phi) is 4.62. The van der Waals surface area contributed by atoms with Crippen molar-refractivity contribution in [2.75, 3.05) is 6.54 Å². The first-order valence-corrected chi connectivity index (χ1v) is 9.87. The number of dihydropyridines is 1. The highest BCUT2D eigenvalue weighted by Gasteiger charge is 2.12. The SMILES string of the molecule is Clc1nc(-c2cccc(C3=NCCC=C3)c2)nc(-c2ccc3ccccc3c2)n1. The van der Waals surface area contributed by atoms with Crippen LogP contribution in [-0.4, -0.2) is 27.2 Å². The molecule has 5 heteroatoms. The van der Waals surface area contributed by atoms with E-state index in [1.165, 1.54) is 5.39 Å². The summed E-state index contributed by atoms with van der Waals surface area (Å²) in [4.78, 5) is 18.0. The van der Waals surface area contributed by atoms with Crippen molar-refractivity contribution in [3.63, 3.8) is 0 Å². The van der Waals surface area contributed by atoms with Gasteiger partial charge in [-0.3, -0.25) is 4.99 Å².